The van der Waals surface area contributed by atoms with E-state index in [4.69, 9.17) is 4.74 Å². The Hall–Kier alpha value is -1.72. The number of H-pyrrole nitrogens is 1. The fraction of sp³-hybridized carbons (Fsp3) is 0.471. The highest BCUT2D eigenvalue weighted by Crippen LogP contribution is 2.24. The van der Waals surface area contributed by atoms with Crippen molar-refractivity contribution in [2.24, 2.45) is 5.92 Å². The number of halogens is 1. The molecule has 2 heterocycles. The Morgan fingerprint density at radius 1 is 1.45 bits per heavy atom. The summed E-state index contributed by atoms with van der Waals surface area (Å²) in [5.74, 6) is 0.208. The van der Waals surface area contributed by atoms with Gasteiger partial charge in [0, 0.05) is 44.6 Å². The molecule has 0 bridgehead atoms. The van der Waals surface area contributed by atoms with E-state index in [9.17, 15) is 4.39 Å². The summed E-state index contributed by atoms with van der Waals surface area (Å²) in [6.07, 6.45) is 5.66. The number of hydrogen-bond acceptors (Lipinski definition) is 3. The maximum Gasteiger partial charge on any atom is 0.123 e. The number of methoxy groups -OCH3 is 1. The second-order valence-electron chi connectivity index (χ2n) is 5.97. The molecule has 1 N–H and O–H groups in total. The summed E-state index contributed by atoms with van der Waals surface area (Å²) >= 11 is 0. The molecule has 0 aliphatic carbocycles. The molecule has 1 aromatic heterocycles. The van der Waals surface area contributed by atoms with E-state index in [0.717, 1.165) is 43.7 Å². The van der Waals surface area contributed by atoms with Gasteiger partial charge < -0.3 is 9.72 Å². The molecule has 5 heteroatoms. The van der Waals surface area contributed by atoms with Gasteiger partial charge in [-0.2, -0.15) is 0 Å². The molecule has 1 aliphatic rings. The molecule has 4 nitrogen and oxygen atoms in total. The van der Waals surface area contributed by atoms with Gasteiger partial charge >= 0.3 is 0 Å². The number of aromatic nitrogens is 2. The van der Waals surface area contributed by atoms with E-state index < -0.39 is 0 Å². The number of imidazole rings is 1. The molecule has 2 atom stereocenters. The van der Waals surface area contributed by atoms with Gasteiger partial charge in [-0.05, 0) is 30.5 Å². The molecule has 1 fully saturated rings. The van der Waals surface area contributed by atoms with E-state index in [-0.39, 0.29) is 11.9 Å². The molecule has 1 saturated heterocycles. The monoisotopic (exact) mass is 303 g/mol. The summed E-state index contributed by atoms with van der Waals surface area (Å²) in [5, 5.41) is 0. The predicted octanol–water partition coefficient (Wildman–Crippen LogP) is 2.63. The molecule has 1 aliphatic heterocycles. The number of aromatic amines is 1. The summed E-state index contributed by atoms with van der Waals surface area (Å²) in [6.45, 7) is 2.83. The second-order valence-corrected chi connectivity index (χ2v) is 5.97. The Labute approximate surface area is 130 Å². The first-order valence-electron chi connectivity index (χ1n) is 7.71. The van der Waals surface area contributed by atoms with Crippen molar-refractivity contribution in [1.29, 1.82) is 0 Å². The van der Waals surface area contributed by atoms with Gasteiger partial charge in [0.25, 0.3) is 0 Å². The van der Waals surface area contributed by atoms with Crippen LogP contribution in [0.25, 0.3) is 0 Å². The largest absolute Gasteiger partial charge is 0.381 e. The molecular weight excluding hydrogens is 281 g/mol. The third kappa shape index (κ3) is 3.72. The van der Waals surface area contributed by atoms with Crippen LogP contribution in [0, 0.1) is 11.7 Å². The molecule has 118 valence electrons. The Morgan fingerprint density at radius 2 is 2.36 bits per heavy atom. The normalized spacial score (nSPS) is 22.8. The molecular formula is C17H22FN3O. The molecule has 1 aromatic carbocycles. The van der Waals surface area contributed by atoms with Gasteiger partial charge in [0.1, 0.15) is 5.82 Å². The van der Waals surface area contributed by atoms with Gasteiger partial charge in [0.05, 0.1) is 12.4 Å². The number of ether oxygens (including phenoxy) is 1. The Kier molecular flexibility index (Phi) is 4.85. The van der Waals surface area contributed by atoms with Crippen molar-refractivity contribution in [3.05, 3.63) is 53.9 Å². The van der Waals surface area contributed by atoms with E-state index in [0.29, 0.717) is 5.92 Å². The summed E-state index contributed by atoms with van der Waals surface area (Å²) in [5.41, 5.74) is 2.16. The Bertz CT molecular complexity index is 587. The average molecular weight is 303 g/mol. The van der Waals surface area contributed by atoms with Crippen molar-refractivity contribution < 1.29 is 9.13 Å². The van der Waals surface area contributed by atoms with E-state index in [1.807, 2.05) is 12.3 Å². The molecule has 0 saturated carbocycles. The van der Waals surface area contributed by atoms with Crippen molar-refractivity contribution in [3.63, 3.8) is 0 Å². The van der Waals surface area contributed by atoms with Crippen molar-refractivity contribution in [3.8, 4) is 0 Å². The first-order chi connectivity index (χ1) is 10.7. The fourth-order valence-electron chi connectivity index (χ4n) is 3.31. The lowest BCUT2D eigenvalue weighted by atomic mass is 9.88. The third-order valence-electron chi connectivity index (χ3n) is 4.39. The highest BCUT2D eigenvalue weighted by molar-refractivity contribution is 5.17. The smallest absolute Gasteiger partial charge is 0.123 e. The zero-order valence-corrected chi connectivity index (χ0v) is 12.8. The van der Waals surface area contributed by atoms with Gasteiger partial charge in [-0.3, -0.25) is 4.90 Å². The van der Waals surface area contributed by atoms with Crippen LogP contribution in [-0.2, 0) is 17.7 Å². The molecule has 0 radical (unpaired) electrons. The van der Waals surface area contributed by atoms with E-state index in [1.165, 1.54) is 6.07 Å². The van der Waals surface area contributed by atoms with Crippen LogP contribution in [0.15, 0.2) is 36.8 Å². The highest BCUT2D eigenvalue weighted by atomic mass is 19.1. The number of hydrogen-bond donors (Lipinski definition) is 1. The first-order valence-corrected chi connectivity index (χ1v) is 7.71. The highest BCUT2D eigenvalue weighted by Gasteiger charge is 2.29. The lowest BCUT2D eigenvalue weighted by molar-refractivity contribution is -0.00877. The number of likely N-dealkylation sites (tertiary alicyclic amines) is 1. The number of nitrogens with one attached hydrogen (secondary N) is 1. The van der Waals surface area contributed by atoms with Crippen molar-refractivity contribution in [2.45, 2.75) is 25.5 Å². The van der Waals surface area contributed by atoms with Gasteiger partial charge in [0.2, 0.25) is 0 Å². The molecule has 3 rings (SSSR count). The van der Waals surface area contributed by atoms with Crippen molar-refractivity contribution in [2.75, 3.05) is 20.2 Å². The lowest BCUT2D eigenvalue weighted by Crippen LogP contribution is -2.44. The predicted molar refractivity (Wildman–Crippen MR) is 82.9 cm³/mol. The number of nitrogens with zero attached hydrogens (tertiary/aromatic N) is 2. The maximum atomic E-state index is 13.4. The molecule has 0 unspecified atom stereocenters. The Morgan fingerprint density at radius 3 is 3.09 bits per heavy atom. The van der Waals surface area contributed by atoms with Crippen LogP contribution in [0.1, 0.15) is 17.7 Å². The van der Waals surface area contributed by atoms with Gasteiger partial charge in [0.15, 0.2) is 0 Å². The standard InChI is InChI=1S/C17H22FN3O/c1-22-17-5-6-21(11-16-9-19-12-20-16)10-14(17)7-13-3-2-4-15(18)8-13/h2-4,8-9,12,14,17H,5-7,10-11H2,1H3,(H,19,20)/t14-,17-/m1/s1. The SMILES string of the molecule is CO[C@@H]1CCN(Cc2cnc[nH]2)C[C@H]1Cc1cccc(F)c1. The van der Waals surface area contributed by atoms with Crippen LogP contribution in [0.3, 0.4) is 0 Å². The van der Waals surface area contributed by atoms with Crippen LogP contribution < -0.4 is 0 Å². The third-order valence-corrected chi connectivity index (χ3v) is 4.39. The molecule has 2 aromatic rings. The van der Waals surface area contributed by atoms with Crippen LogP contribution >= 0.6 is 0 Å². The van der Waals surface area contributed by atoms with E-state index >= 15 is 0 Å². The summed E-state index contributed by atoms with van der Waals surface area (Å²) in [6, 6.07) is 6.88. The van der Waals surface area contributed by atoms with E-state index in [2.05, 4.69) is 14.9 Å². The number of piperidine rings is 1. The maximum absolute atomic E-state index is 13.4. The van der Waals surface area contributed by atoms with Crippen LogP contribution in [0.4, 0.5) is 4.39 Å². The summed E-state index contributed by atoms with van der Waals surface area (Å²) in [4.78, 5) is 9.62. The minimum Gasteiger partial charge on any atom is -0.381 e. The van der Waals surface area contributed by atoms with Crippen molar-refractivity contribution >= 4 is 0 Å². The first kappa shape index (κ1) is 15.2. The summed E-state index contributed by atoms with van der Waals surface area (Å²) in [7, 11) is 1.77. The lowest BCUT2D eigenvalue weighted by Gasteiger charge is -2.37. The quantitative estimate of drug-likeness (QED) is 0.923. The second kappa shape index (κ2) is 7.03. The fourth-order valence-corrected chi connectivity index (χ4v) is 3.31. The molecule has 22 heavy (non-hydrogen) atoms. The van der Waals surface area contributed by atoms with E-state index in [1.54, 1.807) is 25.6 Å². The number of benzene rings is 1. The minimum absolute atomic E-state index is 0.170. The zero-order chi connectivity index (χ0) is 15.4. The van der Waals surface area contributed by atoms with Gasteiger partial charge in [-0.1, -0.05) is 12.1 Å². The number of rotatable bonds is 5. The average Bonchev–Trinajstić information content (AvgIpc) is 3.01. The summed E-state index contributed by atoms with van der Waals surface area (Å²) < 4.78 is 19.0. The molecule has 0 spiro atoms. The Balaban J connectivity index is 1.66. The van der Waals surface area contributed by atoms with Gasteiger partial charge in [-0.15, -0.1) is 0 Å². The van der Waals surface area contributed by atoms with Gasteiger partial charge in [-0.25, -0.2) is 9.37 Å². The van der Waals surface area contributed by atoms with Crippen LogP contribution in [0.2, 0.25) is 0 Å². The topological polar surface area (TPSA) is 41.1 Å². The van der Waals surface area contributed by atoms with Crippen LogP contribution in [0.5, 0.6) is 0 Å². The minimum atomic E-state index is -0.170. The van der Waals surface area contributed by atoms with Crippen molar-refractivity contribution in [1.82, 2.24) is 14.9 Å². The molecule has 0 amide bonds. The van der Waals surface area contributed by atoms with Crippen LogP contribution in [-0.4, -0.2) is 41.2 Å². The zero-order valence-electron chi connectivity index (χ0n) is 12.8.